The molecular formula is C25H29N7O3S. The van der Waals surface area contributed by atoms with Gasteiger partial charge in [-0.05, 0) is 31.5 Å². The van der Waals surface area contributed by atoms with Crippen LogP contribution in [0.25, 0.3) is 21.6 Å². The third-order valence-corrected chi connectivity index (χ3v) is 7.96. The maximum atomic E-state index is 12.1. The van der Waals surface area contributed by atoms with Crippen molar-refractivity contribution in [3.8, 4) is 17.5 Å². The molecule has 3 aromatic heterocycles. The van der Waals surface area contributed by atoms with Gasteiger partial charge in [0.25, 0.3) is 5.91 Å². The Labute approximate surface area is 213 Å². The second kappa shape index (κ2) is 10.4. The minimum Gasteiger partial charge on any atom is -0.384 e. The van der Waals surface area contributed by atoms with Crippen LogP contribution in [0.15, 0.2) is 18.3 Å². The number of aliphatic hydroxyl groups excluding tert-OH is 1. The zero-order valence-electron chi connectivity index (χ0n) is 20.5. The summed E-state index contributed by atoms with van der Waals surface area (Å²) in [6, 6.07) is 5.58. The summed E-state index contributed by atoms with van der Waals surface area (Å²) in [7, 11) is 0. The lowest BCUT2D eigenvalue weighted by Crippen LogP contribution is -2.50. The molecule has 10 nitrogen and oxygen atoms in total. The fourth-order valence-corrected chi connectivity index (χ4v) is 5.88. The molecule has 2 fully saturated rings. The van der Waals surface area contributed by atoms with Crippen molar-refractivity contribution >= 4 is 33.3 Å². The maximum Gasteiger partial charge on any atom is 0.251 e. The first-order chi connectivity index (χ1) is 17.4. The molecule has 11 heteroatoms. The second-order valence-corrected chi connectivity index (χ2v) is 10.2. The number of rotatable bonds is 5. The Bertz CT molecular complexity index is 1290. The number of aromatic nitrogens is 3. The monoisotopic (exact) mass is 507 g/mol. The minimum absolute atomic E-state index is 0.206. The van der Waals surface area contributed by atoms with Crippen LogP contribution >= 0.6 is 11.3 Å². The Kier molecular flexibility index (Phi) is 7.11. The highest BCUT2D eigenvalue weighted by Gasteiger charge is 2.26. The lowest BCUT2D eigenvalue weighted by Gasteiger charge is -2.35. The average Bonchev–Trinajstić information content (AvgIpc) is 3.23. The topological polar surface area (TPSA) is 119 Å². The molecule has 2 aliphatic heterocycles. The molecule has 2 aliphatic rings. The van der Waals surface area contributed by atoms with Crippen molar-refractivity contribution < 1.29 is 14.6 Å². The molecule has 5 heterocycles. The van der Waals surface area contributed by atoms with E-state index < -0.39 is 6.10 Å². The molecule has 0 aromatic carbocycles. The summed E-state index contributed by atoms with van der Waals surface area (Å²) in [4.78, 5) is 33.8. The molecular weight excluding hydrogens is 478 g/mol. The number of carbonyl (C=O) groups is 1. The SMILES string of the molecule is Cc1c(CN2CCN(C(=O)C(C)O)CC2)sc2c(N3CCOCC3)nc(-c3ccc(C#N)nc3)nc12. The fraction of sp³-hybridized carbons (Fsp3) is 0.480. The second-order valence-electron chi connectivity index (χ2n) is 9.12. The fourth-order valence-electron chi connectivity index (χ4n) is 4.57. The lowest BCUT2D eigenvalue weighted by atomic mass is 10.2. The first-order valence-electron chi connectivity index (χ1n) is 12.1. The van der Waals surface area contributed by atoms with E-state index in [4.69, 9.17) is 20.0 Å². The predicted octanol–water partition coefficient (Wildman–Crippen LogP) is 1.79. The number of hydrogen-bond acceptors (Lipinski definition) is 10. The summed E-state index contributed by atoms with van der Waals surface area (Å²) < 4.78 is 6.64. The van der Waals surface area contributed by atoms with Crippen LogP contribution in [0.4, 0.5) is 5.82 Å². The zero-order valence-corrected chi connectivity index (χ0v) is 21.3. The molecule has 36 heavy (non-hydrogen) atoms. The highest BCUT2D eigenvalue weighted by molar-refractivity contribution is 7.19. The number of nitriles is 1. The molecule has 1 atom stereocenters. The third-order valence-electron chi connectivity index (χ3n) is 6.70. The summed E-state index contributed by atoms with van der Waals surface area (Å²) in [5.41, 5.74) is 3.21. The van der Waals surface area contributed by atoms with Crippen molar-refractivity contribution in [2.75, 3.05) is 57.4 Å². The zero-order chi connectivity index (χ0) is 25.2. The average molecular weight is 508 g/mol. The number of thiophene rings is 1. The molecule has 0 bridgehead atoms. The summed E-state index contributed by atoms with van der Waals surface area (Å²) >= 11 is 1.73. The first-order valence-corrected chi connectivity index (χ1v) is 12.9. The van der Waals surface area contributed by atoms with E-state index in [0.717, 1.165) is 59.9 Å². The number of ether oxygens (including phenoxy) is 1. The normalized spacial score (nSPS) is 17.8. The first kappa shape index (κ1) is 24.5. The molecule has 0 aliphatic carbocycles. The number of nitrogens with zero attached hydrogens (tertiary/aromatic N) is 7. The van der Waals surface area contributed by atoms with Gasteiger partial charge in [0.15, 0.2) is 11.6 Å². The van der Waals surface area contributed by atoms with Gasteiger partial charge in [0.1, 0.15) is 17.9 Å². The van der Waals surface area contributed by atoms with E-state index in [1.54, 1.807) is 28.5 Å². The van der Waals surface area contributed by atoms with Crippen molar-refractivity contribution in [2.45, 2.75) is 26.5 Å². The maximum absolute atomic E-state index is 12.1. The van der Waals surface area contributed by atoms with Crippen LogP contribution in [0.2, 0.25) is 0 Å². The number of piperazine rings is 1. The van der Waals surface area contributed by atoms with Gasteiger partial charge in [0, 0.05) is 62.5 Å². The van der Waals surface area contributed by atoms with Gasteiger partial charge in [-0.2, -0.15) is 5.26 Å². The number of amides is 1. The van der Waals surface area contributed by atoms with E-state index in [1.807, 2.05) is 6.07 Å². The van der Waals surface area contributed by atoms with E-state index in [0.29, 0.717) is 37.8 Å². The van der Waals surface area contributed by atoms with Crippen molar-refractivity contribution in [1.29, 1.82) is 5.26 Å². The molecule has 2 saturated heterocycles. The number of anilines is 1. The van der Waals surface area contributed by atoms with Crippen molar-refractivity contribution in [2.24, 2.45) is 0 Å². The molecule has 1 amide bonds. The van der Waals surface area contributed by atoms with Gasteiger partial charge in [0.2, 0.25) is 0 Å². The summed E-state index contributed by atoms with van der Waals surface area (Å²) in [6.07, 6.45) is 0.693. The smallest absolute Gasteiger partial charge is 0.251 e. The van der Waals surface area contributed by atoms with Crippen LogP contribution in [-0.4, -0.2) is 94.4 Å². The molecule has 188 valence electrons. The van der Waals surface area contributed by atoms with E-state index in [9.17, 15) is 9.90 Å². The van der Waals surface area contributed by atoms with Crippen LogP contribution in [0.5, 0.6) is 0 Å². The van der Waals surface area contributed by atoms with Gasteiger partial charge in [-0.1, -0.05) is 0 Å². The largest absolute Gasteiger partial charge is 0.384 e. The van der Waals surface area contributed by atoms with Crippen molar-refractivity contribution in [1.82, 2.24) is 24.8 Å². The standard InChI is InChI=1S/C25H29N7O3S/c1-16-20(15-30-5-7-32(8-6-30)25(34)17(2)33)36-22-21(16)28-23(18-3-4-19(13-26)27-14-18)29-24(22)31-9-11-35-12-10-31/h3-4,14,17,33H,5-12,15H2,1-2H3. The Balaban J connectivity index is 1.46. The Morgan fingerprint density at radius 3 is 2.58 bits per heavy atom. The highest BCUT2D eigenvalue weighted by Crippen LogP contribution is 2.38. The number of aryl methyl sites for hydroxylation is 1. The number of fused-ring (bicyclic) bond motifs is 1. The number of morpholine rings is 1. The summed E-state index contributed by atoms with van der Waals surface area (Å²) in [5, 5.41) is 18.7. The Morgan fingerprint density at radius 1 is 1.19 bits per heavy atom. The van der Waals surface area contributed by atoms with E-state index in [2.05, 4.69) is 27.8 Å². The minimum atomic E-state index is -0.959. The van der Waals surface area contributed by atoms with Crippen molar-refractivity contribution in [3.05, 3.63) is 34.5 Å². The molecule has 3 aromatic rings. The van der Waals surface area contributed by atoms with Crippen LogP contribution in [0.1, 0.15) is 23.1 Å². The Hall–Kier alpha value is -3.17. The van der Waals surface area contributed by atoms with Crippen LogP contribution < -0.4 is 4.90 Å². The molecule has 5 rings (SSSR count). The third kappa shape index (κ3) is 4.90. The number of aliphatic hydroxyl groups is 1. The van der Waals surface area contributed by atoms with E-state index in [1.165, 1.54) is 11.8 Å². The number of hydrogen-bond donors (Lipinski definition) is 1. The van der Waals surface area contributed by atoms with Crippen LogP contribution in [-0.2, 0) is 16.1 Å². The Morgan fingerprint density at radius 2 is 1.94 bits per heavy atom. The quantitative estimate of drug-likeness (QED) is 0.551. The van der Waals surface area contributed by atoms with Crippen LogP contribution in [0, 0.1) is 18.3 Å². The molecule has 1 N–H and O–H groups in total. The number of carbonyl (C=O) groups excluding carboxylic acids is 1. The van der Waals surface area contributed by atoms with Crippen molar-refractivity contribution in [3.63, 3.8) is 0 Å². The molecule has 0 saturated carbocycles. The molecule has 1 unspecified atom stereocenters. The molecule has 0 radical (unpaired) electrons. The van der Waals surface area contributed by atoms with E-state index >= 15 is 0 Å². The molecule has 0 spiro atoms. The van der Waals surface area contributed by atoms with Gasteiger partial charge >= 0.3 is 0 Å². The lowest BCUT2D eigenvalue weighted by molar-refractivity contribution is -0.141. The van der Waals surface area contributed by atoms with Gasteiger partial charge < -0.3 is 19.6 Å². The van der Waals surface area contributed by atoms with Gasteiger partial charge in [-0.3, -0.25) is 9.69 Å². The van der Waals surface area contributed by atoms with Gasteiger partial charge in [-0.15, -0.1) is 11.3 Å². The number of pyridine rings is 1. The van der Waals surface area contributed by atoms with Crippen LogP contribution in [0.3, 0.4) is 0 Å². The van der Waals surface area contributed by atoms with Gasteiger partial charge in [0.05, 0.1) is 23.4 Å². The highest BCUT2D eigenvalue weighted by atomic mass is 32.1. The summed E-state index contributed by atoms with van der Waals surface area (Å²) in [5.74, 6) is 1.30. The summed E-state index contributed by atoms with van der Waals surface area (Å²) in [6.45, 7) is 10.0. The predicted molar refractivity (Wildman–Crippen MR) is 137 cm³/mol. The van der Waals surface area contributed by atoms with Gasteiger partial charge in [-0.25, -0.2) is 15.0 Å². The van der Waals surface area contributed by atoms with E-state index in [-0.39, 0.29) is 5.91 Å².